The van der Waals surface area contributed by atoms with E-state index in [2.05, 4.69) is 0 Å². The first-order chi connectivity index (χ1) is 8.97. The Morgan fingerprint density at radius 2 is 2.16 bits per heavy atom. The Morgan fingerprint density at radius 3 is 2.68 bits per heavy atom. The number of aliphatic carboxylic acids is 1. The Balaban J connectivity index is 1.98. The molecule has 1 N–H and O–H groups in total. The van der Waals surface area contributed by atoms with Crippen LogP contribution in [0.2, 0.25) is 0 Å². The Kier molecular flexibility index (Phi) is 4.04. The second-order valence-corrected chi connectivity index (χ2v) is 6.27. The van der Waals surface area contributed by atoms with Crippen molar-refractivity contribution in [1.29, 1.82) is 0 Å². The first kappa shape index (κ1) is 13.8. The highest BCUT2D eigenvalue weighted by Gasteiger charge is 2.36. The number of carbonyl (C=O) groups is 2. The number of thiophene rings is 1. The molecule has 0 unspecified atom stereocenters. The van der Waals surface area contributed by atoms with E-state index in [0.717, 1.165) is 4.88 Å². The molecule has 2 atom stereocenters. The van der Waals surface area contributed by atoms with Gasteiger partial charge in [0, 0.05) is 28.9 Å². The van der Waals surface area contributed by atoms with E-state index in [1.165, 1.54) is 11.0 Å². The van der Waals surface area contributed by atoms with Crippen molar-refractivity contribution in [2.45, 2.75) is 13.8 Å². The van der Waals surface area contributed by atoms with Crippen molar-refractivity contribution >= 4 is 29.3 Å². The van der Waals surface area contributed by atoms with Crippen LogP contribution in [0.4, 0.5) is 0 Å². The van der Waals surface area contributed by atoms with Gasteiger partial charge in [-0.15, -0.1) is 11.3 Å². The summed E-state index contributed by atoms with van der Waals surface area (Å²) in [5.41, 5.74) is 0. The standard InChI is InChI=1S/C14H17NO3S/c1-9-7-15(8-12(9)14(17)18)13(16)6-5-11-4-3-10(2)19-11/h3-6,9,12H,7-8H2,1-2H3,(H,17,18)/b6-5+/t9-,12-/m1/s1. The van der Waals surface area contributed by atoms with Crippen molar-refractivity contribution in [2.24, 2.45) is 11.8 Å². The minimum Gasteiger partial charge on any atom is -0.481 e. The number of hydrogen-bond acceptors (Lipinski definition) is 3. The van der Waals surface area contributed by atoms with Crippen LogP contribution in [0.25, 0.3) is 6.08 Å². The third kappa shape index (κ3) is 3.23. The molecule has 0 radical (unpaired) electrons. The lowest BCUT2D eigenvalue weighted by Crippen LogP contribution is -2.28. The number of carbonyl (C=O) groups excluding carboxylic acids is 1. The number of hydrogen-bond donors (Lipinski definition) is 1. The van der Waals surface area contributed by atoms with Gasteiger partial charge in [0.2, 0.25) is 5.91 Å². The molecule has 5 heteroatoms. The summed E-state index contributed by atoms with van der Waals surface area (Å²) in [6.45, 7) is 4.72. The Labute approximate surface area is 116 Å². The van der Waals surface area contributed by atoms with Gasteiger partial charge in [-0.25, -0.2) is 0 Å². The van der Waals surface area contributed by atoms with Gasteiger partial charge in [-0.1, -0.05) is 6.92 Å². The van der Waals surface area contributed by atoms with Crippen molar-refractivity contribution in [1.82, 2.24) is 4.90 Å². The van der Waals surface area contributed by atoms with E-state index in [4.69, 9.17) is 5.11 Å². The predicted molar refractivity (Wildman–Crippen MR) is 75.0 cm³/mol. The number of carboxylic acid groups (broad SMARTS) is 1. The zero-order valence-electron chi connectivity index (χ0n) is 11.0. The molecule has 0 saturated carbocycles. The van der Waals surface area contributed by atoms with E-state index in [1.807, 2.05) is 26.0 Å². The zero-order chi connectivity index (χ0) is 14.0. The molecule has 4 nitrogen and oxygen atoms in total. The highest BCUT2D eigenvalue weighted by molar-refractivity contribution is 7.12. The van der Waals surface area contributed by atoms with Crippen LogP contribution < -0.4 is 0 Å². The summed E-state index contributed by atoms with van der Waals surface area (Å²) in [5.74, 6) is -1.36. The molecule has 1 aliphatic heterocycles. The molecular formula is C14H17NO3S. The third-order valence-electron chi connectivity index (χ3n) is 3.39. The van der Waals surface area contributed by atoms with E-state index < -0.39 is 11.9 Å². The molecule has 102 valence electrons. The first-order valence-corrected chi connectivity index (χ1v) is 7.05. The fraction of sp³-hybridized carbons (Fsp3) is 0.429. The minimum atomic E-state index is -0.819. The average molecular weight is 279 g/mol. The molecule has 2 heterocycles. The topological polar surface area (TPSA) is 57.6 Å². The molecule has 0 aromatic carbocycles. The van der Waals surface area contributed by atoms with Crippen LogP contribution in [0.1, 0.15) is 16.7 Å². The first-order valence-electron chi connectivity index (χ1n) is 6.23. The lowest BCUT2D eigenvalue weighted by molar-refractivity contribution is -0.142. The molecule has 0 aliphatic carbocycles. The lowest BCUT2D eigenvalue weighted by Gasteiger charge is -2.12. The molecule has 1 aromatic heterocycles. The van der Waals surface area contributed by atoms with Gasteiger partial charge in [-0.2, -0.15) is 0 Å². The quantitative estimate of drug-likeness (QED) is 0.863. The van der Waals surface area contributed by atoms with Crippen molar-refractivity contribution in [3.63, 3.8) is 0 Å². The Bertz CT molecular complexity index is 521. The smallest absolute Gasteiger partial charge is 0.308 e. The lowest BCUT2D eigenvalue weighted by atomic mass is 9.99. The molecule has 1 saturated heterocycles. The molecular weight excluding hydrogens is 262 g/mol. The second-order valence-electron chi connectivity index (χ2n) is 4.95. The van der Waals surface area contributed by atoms with Gasteiger partial charge in [0.25, 0.3) is 0 Å². The largest absolute Gasteiger partial charge is 0.481 e. The molecule has 1 aliphatic rings. The van der Waals surface area contributed by atoms with Crippen LogP contribution >= 0.6 is 11.3 Å². The molecule has 1 fully saturated rings. The molecule has 1 amide bonds. The highest BCUT2D eigenvalue weighted by Crippen LogP contribution is 2.23. The monoisotopic (exact) mass is 279 g/mol. The number of carboxylic acids is 1. The fourth-order valence-corrected chi connectivity index (χ4v) is 3.05. The van der Waals surface area contributed by atoms with E-state index in [9.17, 15) is 9.59 Å². The summed E-state index contributed by atoms with van der Waals surface area (Å²) in [6.07, 6.45) is 3.32. The predicted octanol–water partition coefficient (Wildman–Crippen LogP) is 2.25. The number of likely N-dealkylation sites (tertiary alicyclic amines) is 1. The number of aryl methyl sites for hydroxylation is 1. The second kappa shape index (κ2) is 5.57. The van der Waals surface area contributed by atoms with E-state index in [1.54, 1.807) is 22.3 Å². The van der Waals surface area contributed by atoms with Crippen LogP contribution in [0.15, 0.2) is 18.2 Å². The summed E-state index contributed by atoms with van der Waals surface area (Å²) in [7, 11) is 0. The van der Waals surface area contributed by atoms with Gasteiger partial charge in [-0.3, -0.25) is 9.59 Å². The van der Waals surface area contributed by atoms with Crippen LogP contribution in [0, 0.1) is 18.8 Å². The maximum absolute atomic E-state index is 12.0. The summed E-state index contributed by atoms with van der Waals surface area (Å²) < 4.78 is 0. The van der Waals surface area contributed by atoms with Gasteiger partial charge in [0.05, 0.1) is 5.92 Å². The molecule has 2 rings (SSSR count). The summed E-state index contributed by atoms with van der Waals surface area (Å²) in [6, 6.07) is 3.98. The van der Waals surface area contributed by atoms with Crippen molar-refractivity contribution in [3.8, 4) is 0 Å². The Morgan fingerprint density at radius 1 is 1.42 bits per heavy atom. The minimum absolute atomic E-state index is 0.0128. The fourth-order valence-electron chi connectivity index (χ4n) is 2.27. The summed E-state index contributed by atoms with van der Waals surface area (Å²) >= 11 is 1.63. The van der Waals surface area contributed by atoms with E-state index in [0.29, 0.717) is 13.1 Å². The number of rotatable bonds is 3. The molecule has 1 aromatic rings. The van der Waals surface area contributed by atoms with Gasteiger partial charge >= 0.3 is 5.97 Å². The van der Waals surface area contributed by atoms with Crippen molar-refractivity contribution in [2.75, 3.05) is 13.1 Å². The van der Waals surface area contributed by atoms with Crippen LogP contribution in [0.3, 0.4) is 0 Å². The number of nitrogens with zero attached hydrogens (tertiary/aromatic N) is 1. The maximum atomic E-state index is 12.0. The zero-order valence-corrected chi connectivity index (χ0v) is 11.8. The van der Waals surface area contributed by atoms with Gasteiger partial charge in [0.15, 0.2) is 0 Å². The third-order valence-corrected chi connectivity index (χ3v) is 4.36. The van der Waals surface area contributed by atoms with Crippen LogP contribution in [0.5, 0.6) is 0 Å². The van der Waals surface area contributed by atoms with Crippen LogP contribution in [-0.2, 0) is 9.59 Å². The van der Waals surface area contributed by atoms with Crippen LogP contribution in [-0.4, -0.2) is 35.0 Å². The SMILES string of the molecule is Cc1ccc(/C=C/C(=O)N2C[C@@H](C)[C@H](C(=O)O)C2)s1. The maximum Gasteiger partial charge on any atom is 0.308 e. The summed E-state index contributed by atoms with van der Waals surface area (Å²) in [5, 5.41) is 9.04. The van der Waals surface area contributed by atoms with Gasteiger partial charge in [-0.05, 0) is 31.1 Å². The summed E-state index contributed by atoms with van der Waals surface area (Å²) in [4.78, 5) is 26.8. The van der Waals surface area contributed by atoms with Gasteiger partial charge < -0.3 is 10.0 Å². The van der Waals surface area contributed by atoms with Crippen molar-refractivity contribution < 1.29 is 14.7 Å². The van der Waals surface area contributed by atoms with Crippen molar-refractivity contribution in [3.05, 3.63) is 28.0 Å². The molecule has 0 spiro atoms. The Hall–Kier alpha value is -1.62. The van der Waals surface area contributed by atoms with E-state index >= 15 is 0 Å². The molecule has 19 heavy (non-hydrogen) atoms. The average Bonchev–Trinajstić information content (AvgIpc) is 2.92. The van der Waals surface area contributed by atoms with Gasteiger partial charge in [0.1, 0.15) is 0 Å². The molecule has 0 bridgehead atoms. The van der Waals surface area contributed by atoms with E-state index in [-0.39, 0.29) is 11.8 Å². The highest BCUT2D eigenvalue weighted by atomic mass is 32.1. The normalized spacial score (nSPS) is 23.2. The number of amides is 1.